The lowest BCUT2D eigenvalue weighted by atomic mass is 9.72. The van der Waals surface area contributed by atoms with Crippen LogP contribution in [0.3, 0.4) is 0 Å². The van der Waals surface area contributed by atoms with Gasteiger partial charge in [-0.3, -0.25) is 0 Å². The third-order valence-electron chi connectivity index (χ3n) is 6.15. The lowest BCUT2D eigenvalue weighted by Gasteiger charge is -2.61. The van der Waals surface area contributed by atoms with E-state index in [-0.39, 0.29) is 0 Å². The van der Waals surface area contributed by atoms with E-state index in [1.807, 2.05) is 0 Å². The minimum Gasteiger partial charge on any atom is -0.384 e. The van der Waals surface area contributed by atoms with Crippen LogP contribution >= 0.6 is 0 Å². The number of nitrogens with one attached hydrogen (secondary N) is 1. The maximum Gasteiger partial charge on any atom is 0.119 e. The Balaban J connectivity index is 1.14. The molecule has 1 aromatic rings. The van der Waals surface area contributed by atoms with Crippen LogP contribution < -0.4 is 10.2 Å². The monoisotopic (exact) mass is 341 g/mol. The number of aldehydes is 1. The molecule has 4 heteroatoms. The average Bonchev–Trinajstić information content (AvgIpc) is 3.03. The maximum atomic E-state index is 10.3. The van der Waals surface area contributed by atoms with E-state index in [1.54, 1.807) is 0 Å². The molecule has 25 heavy (non-hydrogen) atoms. The first-order valence-electron chi connectivity index (χ1n) is 10.1. The summed E-state index contributed by atoms with van der Waals surface area (Å²) in [4.78, 5) is 15.5. The summed E-state index contributed by atoms with van der Waals surface area (Å²) in [6, 6.07) is 6.71. The molecule has 3 aliphatic heterocycles. The molecule has 4 rings (SSSR count). The molecule has 136 valence electrons. The predicted molar refractivity (Wildman–Crippen MR) is 103 cm³/mol. The first-order valence-corrected chi connectivity index (χ1v) is 10.1. The summed E-state index contributed by atoms with van der Waals surface area (Å²) in [5, 5.41) is 3.49. The van der Waals surface area contributed by atoms with Crippen molar-refractivity contribution in [3.05, 3.63) is 23.8 Å². The fourth-order valence-electron chi connectivity index (χ4n) is 4.91. The minimum absolute atomic E-state index is 0.582. The van der Waals surface area contributed by atoms with Crippen molar-refractivity contribution in [3.63, 3.8) is 0 Å². The topological polar surface area (TPSA) is 35.6 Å². The highest BCUT2D eigenvalue weighted by molar-refractivity contribution is 5.70. The van der Waals surface area contributed by atoms with Crippen LogP contribution in [0.5, 0.6) is 0 Å². The molecule has 2 saturated heterocycles. The Morgan fingerprint density at radius 2 is 1.84 bits per heavy atom. The lowest BCUT2D eigenvalue weighted by molar-refractivity contribution is -0.107. The number of rotatable bonds is 9. The van der Waals surface area contributed by atoms with Gasteiger partial charge in [0.05, 0.1) is 0 Å². The maximum absolute atomic E-state index is 10.3. The van der Waals surface area contributed by atoms with Gasteiger partial charge in [0.25, 0.3) is 0 Å². The molecule has 0 atom stereocenters. The van der Waals surface area contributed by atoms with Gasteiger partial charge in [0, 0.05) is 61.5 Å². The van der Waals surface area contributed by atoms with Gasteiger partial charge >= 0.3 is 0 Å². The number of carbonyl (C=O) groups is 1. The van der Waals surface area contributed by atoms with Crippen LogP contribution in [0, 0.1) is 5.41 Å². The molecule has 2 fully saturated rings. The van der Waals surface area contributed by atoms with E-state index < -0.39 is 0 Å². The summed E-state index contributed by atoms with van der Waals surface area (Å²) in [5.74, 6) is 0. The van der Waals surface area contributed by atoms with Crippen molar-refractivity contribution in [3.8, 4) is 0 Å². The van der Waals surface area contributed by atoms with E-state index in [0.717, 1.165) is 25.7 Å². The van der Waals surface area contributed by atoms with Crippen molar-refractivity contribution in [1.82, 2.24) is 4.90 Å². The third kappa shape index (κ3) is 3.55. The van der Waals surface area contributed by atoms with Crippen molar-refractivity contribution >= 4 is 17.7 Å². The Kier molecular flexibility index (Phi) is 4.98. The molecule has 1 aromatic carbocycles. The minimum atomic E-state index is 0.582. The Morgan fingerprint density at radius 3 is 2.68 bits per heavy atom. The van der Waals surface area contributed by atoms with Gasteiger partial charge in [0.2, 0.25) is 0 Å². The van der Waals surface area contributed by atoms with Crippen LogP contribution in [0.25, 0.3) is 0 Å². The summed E-state index contributed by atoms with van der Waals surface area (Å²) in [6.45, 7) is 7.43. The smallest absolute Gasteiger partial charge is 0.119 e. The predicted octanol–water partition coefficient (Wildman–Crippen LogP) is 3.32. The molecule has 0 radical (unpaired) electrons. The van der Waals surface area contributed by atoms with Gasteiger partial charge in [-0.05, 0) is 37.9 Å². The fraction of sp³-hybridized carbons (Fsp3) is 0.667. The zero-order chi connectivity index (χ0) is 17.1. The number of anilines is 2. The van der Waals surface area contributed by atoms with E-state index in [9.17, 15) is 4.79 Å². The van der Waals surface area contributed by atoms with E-state index >= 15 is 0 Å². The van der Waals surface area contributed by atoms with Crippen molar-refractivity contribution in [1.29, 1.82) is 0 Å². The fourth-order valence-corrected chi connectivity index (χ4v) is 4.91. The number of hydrogen-bond donors (Lipinski definition) is 1. The van der Waals surface area contributed by atoms with Gasteiger partial charge in [-0.15, -0.1) is 0 Å². The number of nitrogens with zero attached hydrogens (tertiary/aromatic N) is 2. The number of carbonyl (C=O) groups excluding carboxylic acids is 1. The zero-order valence-corrected chi connectivity index (χ0v) is 15.3. The van der Waals surface area contributed by atoms with Gasteiger partial charge < -0.3 is 19.9 Å². The third-order valence-corrected chi connectivity index (χ3v) is 6.15. The van der Waals surface area contributed by atoms with Crippen LogP contribution in [0.4, 0.5) is 11.4 Å². The first-order chi connectivity index (χ1) is 12.3. The molecule has 1 spiro atoms. The van der Waals surface area contributed by atoms with Gasteiger partial charge in [-0.2, -0.15) is 0 Å². The Bertz CT molecular complexity index is 601. The summed E-state index contributed by atoms with van der Waals surface area (Å²) >= 11 is 0. The molecule has 0 aromatic heterocycles. The van der Waals surface area contributed by atoms with Gasteiger partial charge in [0.15, 0.2) is 0 Å². The number of unbranched alkanes of at least 4 members (excludes halogenated alkanes) is 5. The molecule has 3 heterocycles. The molecule has 0 bridgehead atoms. The van der Waals surface area contributed by atoms with Crippen LogP contribution in [0.2, 0.25) is 0 Å². The van der Waals surface area contributed by atoms with Gasteiger partial charge in [0.1, 0.15) is 6.29 Å². The molecule has 4 nitrogen and oxygen atoms in total. The van der Waals surface area contributed by atoms with Crippen LogP contribution in [-0.4, -0.2) is 50.5 Å². The zero-order valence-electron chi connectivity index (χ0n) is 15.3. The molecular formula is C21H31N3O. The van der Waals surface area contributed by atoms with Crippen LogP contribution in [0.1, 0.15) is 44.1 Å². The Hall–Kier alpha value is -1.55. The standard InChI is InChI=1S/C21H31N3O/c25-13-6-4-2-1-3-5-12-23-14-21(15-23)16-24(17-21)20-9-7-8-19-18(20)10-11-22-19/h7-9,13,22H,1-6,10-12,14-17H2. The summed E-state index contributed by atoms with van der Waals surface area (Å²) in [7, 11) is 0. The van der Waals surface area contributed by atoms with Crippen molar-refractivity contribution in [2.24, 2.45) is 5.41 Å². The number of benzene rings is 1. The highest BCUT2D eigenvalue weighted by Crippen LogP contribution is 2.44. The highest BCUT2D eigenvalue weighted by Gasteiger charge is 2.51. The van der Waals surface area contributed by atoms with Crippen molar-refractivity contribution in [2.75, 3.05) is 49.5 Å². The van der Waals surface area contributed by atoms with Crippen LogP contribution in [-0.2, 0) is 11.2 Å². The highest BCUT2D eigenvalue weighted by atomic mass is 16.1. The molecular weight excluding hydrogens is 310 g/mol. The molecule has 0 unspecified atom stereocenters. The van der Waals surface area contributed by atoms with E-state index in [2.05, 4.69) is 33.3 Å². The number of likely N-dealkylation sites (tertiary alicyclic amines) is 1. The van der Waals surface area contributed by atoms with Gasteiger partial charge in [-0.1, -0.05) is 25.3 Å². The molecule has 0 aliphatic carbocycles. The Morgan fingerprint density at radius 1 is 1.04 bits per heavy atom. The molecule has 3 aliphatic rings. The summed E-state index contributed by atoms with van der Waals surface area (Å²) < 4.78 is 0. The number of fused-ring (bicyclic) bond motifs is 1. The second kappa shape index (κ2) is 7.36. The average molecular weight is 341 g/mol. The van der Waals surface area contributed by atoms with E-state index in [4.69, 9.17) is 0 Å². The van der Waals surface area contributed by atoms with Gasteiger partial charge in [-0.25, -0.2) is 0 Å². The summed E-state index contributed by atoms with van der Waals surface area (Å²) in [6.07, 6.45) is 9.17. The largest absolute Gasteiger partial charge is 0.384 e. The molecule has 0 amide bonds. The normalized spacial score (nSPS) is 20.7. The molecule has 1 N–H and O–H groups in total. The molecule has 0 saturated carbocycles. The Labute approximate surface area is 151 Å². The quantitative estimate of drug-likeness (QED) is 0.552. The van der Waals surface area contributed by atoms with E-state index in [0.29, 0.717) is 5.41 Å². The van der Waals surface area contributed by atoms with Crippen LogP contribution in [0.15, 0.2) is 18.2 Å². The SMILES string of the molecule is O=CCCCCCCCN1CC2(C1)CN(c1cccc3c1CCN3)C2. The summed E-state index contributed by atoms with van der Waals surface area (Å²) in [5.41, 5.74) is 4.94. The lowest BCUT2D eigenvalue weighted by Crippen LogP contribution is -2.72. The van der Waals surface area contributed by atoms with Crippen molar-refractivity contribution in [2.45, 2.75) is 44.9 Å². The number of hydrogen-bond acceptors (Lipinski definition) is 4. The first kappa shape index (κ1) is 16.9. The van der Waals surface area contributed by atoms with E-state index in [1.165, 1.54) is 81.8 Å². The second-order valence-corrected chi connectivity index (χ2v) is 8.27. The van der Waals surface area contributed by atoms with Crippen molar-refractivity contribution < 1.29 is 4.79 Å². The second-order valence-electron chi connectivity index (χ2n) is 8.27.